The number of hydrogen-bond acceptors (Lipinski definition) is 7. The van der Waals surface area contributed by atoms with E-state index in [0.29, 0.717) is 25.3 Å². The number of carbonyl (C=O) groups excluding carboxylic acids is 1. The minimum absolute atomic E-state index is 0.119. The van der Waals surface area contributed by atoms with Crippen LogP contribution in [0.3, 0.4) is 0 Å². The number of pyridine rings is 2. The van der Waals surface area contributed by atoms with Crippen LogP contribution in [0.15, 0.2) is 55.1 Å². The average molecular weight is 441 g/mol. The highest BCUT2D eigenvalue weighted by atomic mass is 16.5. The summed E-state index contributed by atoms with van der Waals surface area (Å²) in [6, 6.07) is 11.7. The van der Waals surface area contributed by atoms with Gasteiger partial charge in [-0.05, 0) is 17.7 Å². The second kappa shape index (κ2) is 8.91. The number of rotatable bonds is 6. The van der Waals surface area contributed by atoms with E-state index in [-0.39, 0.29) is 11.8 Å². The van der Waals surface area contributed by atoms with E-state index < -0.39 is 0 Å². The summed E-state index contributed by atoms with van der Waals surface area (Å²) >= 11 is 0. The van der Waals surface area contributed by atoms with Crippen LogP contribution in [-0.4, -0.2) is 39.4 Å². The van der Waals surface area contributed by atoms with Gasteiger partial charge >= 0.3 is 0 Å². The third kappa shape index (κ3) is 4.12. The molecule has 33 heavy (non-hydrogen) atoms. The number of carbonyl (C=O) groups is 1. The van der Waals surface area contributed by atoms with E-state index in [4.69, 9.17) is 4.74 Å². The summed E-state index contributed by atoms with van der Waals surface area (Å²) < 4.78 is 5.46. The van der Waals surface area contributed by atoms with Crippen LogP contribution >= 0.6 is 0 Å². The molecule has 0 radical (unpaired) electrons. The van der Waals surface area contributed by atoms with Crippen molar-refractivity contribution in [3.05, 3.63) is 77.5 Å². The van der Waals surface area contributed by atoms with E-state index in [0.717, 1.165) is 44.8 Å². The Morgan fingerprint density at radius 2 is 2.03 bits per heavy atom. The van der Waals surface area contributed by atoms with Gasteiger partial charge in [-0.1, -0.05) is 25.1 Å². The monoisotopic (exact) mass is 440 g/mol. The third-order valence-electron chi connectivity index (χ3n) is 5.91. The predicted octanol–water partition coefficient (Wildman–Crippen LogP) is 3.69. The SMILES string of the molecule is CNC(=O)c1ccnc2c(C(C)CNc3cc(-c4cnc5c(c4)COC5)ncn3)cccc12. The van der Waals surface area contributed by atoms with Crippen molar-refractivity contribution in [2.24, 2.45) is 0 Å². The first-order valence-electron chi connectivity index (χ1n) is 10.9. The van der Waals surface area contributed by atoms with E-state index in [9.17, 15) is 4.79 Å². The maximum Gasteiger partial charge on any atom is 0.251 e. The Kier molecular flexibility index (Phi) is 5.66. The number of amides is 1. The largest absolute Gasteiger partial charge is 0.370 e. The standard InChI is InChI=1S/C25H24N6O2/c1-15(18-4-3-5-19-20(25(32)26-2)6-7-27-24(18)19)10-29-23-9-21(30-14-31-23)16-8-17-12-33-13-22(17)28-11-16/h3-9,11,14-15H,10,12-13H2,1-2H3,(H,26,32)(H,29,30,31). The lowest BCUT2D eigenvalue weighted by molar-refractivity contribution is 0.0964. The van der Waals surface area contributed by atoms with Crippen LogP contribution in [0.25, 0.3) is 22.2 Å². The fourth-order valence-electron chi connectivity index (χ4n) is 4.10. The van der Waals surface area contributed by atoms with Gasteiger partial charge in [-0.3, -0.25) is 14.8 Å². The van der Waals surface area contributed by atoms with Gasteiger partial charge in [0.2, 0.25) is 0 Å². The Hall–Kier alpha value is -3.91. The number of hydrogen-bond donors (Lipinski definition) is 2. The molecule has 3 aromatic heterocycles. The first kappa shape index (κ1) is 21.0. The summed E-state index contributed by atoms with van der Waals surface area (Å²) in [7, 11) is 1.63. The van der Waals surface area contributed by atoms with Crippen molar-refractivity contribution < 1.29 is 9.53 Å². The number of benzene rings is 1. The van der Waals surface area contributed by atoms with Crippen LogP contribution in [0.1, 0.15) is 40.0 Å². The second-order valence-electron chi connectivity index (χ2n) is 8.07. The minimum Gasteiger partial charge on any atom is -0.370 e. The molecule has 1 aliphatic rings. The molecule has 0 aliphatic carbocycles. The Balaban J connectivity index is 1.36. The van der Waals surface area contributed by atoms with Crippen LogP contribution in [0, 0.1) is 0 Å². The Morgan fingerprint density at radius 3 is 2.91 bits per heavy atom. The maximum atomic E-state index is 12.3. The van der Waals surface area contributed by atoms with Crippen molar-refractivity contribution in [2.45, 2.75) is 26.1 Å². The maximum absolute atomic E-state index is 12.3. The summed E-state index contributed by atoms with van der Waals surface area (Å²) in [5, 5.41) is 6.96. The number of aromatic nitrogens is 4. The zero-order chi connectivity index (χ0) is 22.8. The molecule has 0 saturated heterocycles. The van der Waals surface area contributed by atoms with Gasteiger partial charge in [0.15, 0.2) is 0 Å². The summed E-state index contributed by atoms with van der Waals surface area (Å²) in [6.45, 7) is 3.93. The van der Waals surface area contributed by atoms with Crippen molar-refractivity contribution in [3.8, 4) is 11.3 Å². The molecule has 166 valence electrons. The number of para-hydroxylation sites is 1. The Morgan fingerprint density at radius 1 is 1.12 bits per heavy atom. The normalized spacial score (nSPS) is 13.5. The topological polar surface area (TPSA) is 102 Å². The van der Waals surface area contributed by atoms with Crippen molar-refractivity contribution in [3.63, 3.8) is 0 Å². The highest BCUT2D eigenvalue weighted by Crippen LogP contribution is 2.28. The molecule has 5 rings (SSSR count). The predicted molar refractivity (Wildman–Crippen MR) is 126 cm³/mol. The van der Waals surface area contributed by atoms with Crippen molar-refractivity contribution in [2.75, 3.05) is 18.9 Å². The minimum atomic E-state index is -0.119. The van der Waals surface area contributed by atoms with Crippen LogP contribution in [0.5, 0.6) is 0 Å². The molecule has 1 amide bonds. The summed E-state index contributed by atoms with van der Waals surface area (Å²) in [5.74, 6) is 0.757. The summed E-state index contributed by atoms with van der Waals surface area (Å²) in [4.78, 5) is 30.1. The lowest BCUT2D eigenvalue weighted by atomic mass is 9.96. The Bertz CT molecular complexity index is 1340. The van der Waals surface area contributed by atoms with Crippen molar-refractivity contribution >= 4 is 22.6 Å². The van der Waals surface area contributed by atoms with Gasteiger partial charge in [-0.2, -0.15) is 0 Å². The van der Waals surface area contributed by atoms with Crippen LogP contribution in [0.4, 0.5) is 5.82 Å². The van der Waals surface area contributed by atoms with Gasteiger partial charge in [0.25, 0.3) is 5.91 Å². The molecular weight excluding hydrogens is 416 g/mol. The lowest BCUT2D eigenvalue weighted by Gasteiger charge is -2.16. The van der Waals surface area contributed by atoms with Crippen LogP contribution in [0.2, 0.25) is 0 Å². The van der Waals surface area contributed by atoms with Crippen LogP contribution in [-0.2, 0) is 18.0 Å². The molecule has 8 heteroatoms. The zero-order valence-corrected chi connectivity index (χ0v) is 18.5. The average Bonchev–Trinajstić information content (AvgIpc) is 3.34. The van der Waals surface area contributed by atoms with E-state index in [1.807, 2.05) is 24.4 Å². The third-order valence-corrected chi connectivity index (χ3v) is 5.91. The van der Waals surface area contributed by atoms with Crippen molar-refractivity contribution in [1.82, 2.24) is 25.3 Å². The number of nitrogens with zero attached hydrogens (tertiary/aromatic N) is 4. The fourth-order valence-corrected chi connectivity index (χ4v) is 4.10. The molecule has 1 aromatic carbocycles. The van der Waals surface area contributed by atoms with E-state index >= 15 is 0 Å². The zero-order valence-electron chi connectivity index (χ0n) is 18.5. The van der Waals surface area contributed by atoms with Gasteiger partial charge in [0, 0.05) is 54.5 Å². The molecule has 2 N–H and O–H groups in total. The van der Waals surface area contributed by atoms with E-state index in [1.54, 1.807) is 25.6 Å². The van der Waals surface area contributed by atoms with E-state index in [2.05, 4.69) is 49.6 Å². The highest BCUT2D eigenvalue weighted by molar-refractivity contribution is 6.06. The molecular formula is C25H24N6O2. The number of nitrogens with one attached hydrogen (secondary N) is 2. The molecule has 0 spiro atoms. The molecule has 1 atom stereocenters. The quantitative estimate of drug-likeness (QED) is 0.471. The summed E-state index contributed by atoms with van der Waals surface area (Å²) in [6.07, 6.45) is 5.07. The van der Waals surface area contributed by atoms with Gasteiger partial charge < -0.3 is 15.4 Å². The molecule has 4 heterocycles. The molecule has 1 unspecified atom stereocenters. The Labute approximate surface area is 191 Å². The molecule has 0 fully saturated rings. The first-order valence-corrected chi connectivity index (χ1v) is 10.9. The number of ether oxygens (including phenoxy) is 1. The first-order chi connectivity index (χ1) is 16.1. The fraction of sp³-hybridized carbons (Fsp3) is 0.240. The summed E-state index contributed by atoms with van der Waals surface area (Å²) in [5.41, 5.74) is 6.38. The molecule has 0 saturated carbocycles. The smallest absolute Gasteiger partial charge is 0.251 e. The van der Waals surface area contributed by atoms with Gasteiger partial charge in [-0.15, -0.1) is 0 Å². The van der Waals surface area contributed by atoms with Gasteiger partial charge in [0.05, 0.1) is 35.7 Å². The molecule has 4 aromatic rings. The molecule has 8 nitrogen and oxygen atoms in total. The van der Waals surface area contributed by atoms with E-state index in [1.165, 1.54) is 0 Å². The van der Waals surface area contributed by atoms with Crippen LogP contribution < -0.4 is 10.6 Å². The van der Waals surface area contributed by atoms with Crippen molar-refractivity contribution in [1.29, 1.82) is 0 Å². The molecule has 1 aliphatic heterocycles. The molecule has 0 bridgehead atoms. The number of anilines is 1. The number of fused-ring (bicyclic) bond motifs is 2. The van der Waals surface area contributed by atoms with Gasteiger partial charge in [0.1, 0.15) is 12.1 Å². The van der Waals surface area contributed by atoms with Gasteiger partial charge in [-0.25, -0.2) is 9.97 Å². The lowest BCUT2D eigenvalue weighted by Crippen LogP contribution is -2.18. The highest BCUT2D eigenvalue weighted by Gasteiger charge is 2.16. The second-order valence-corrected chi connectivity index (χ2v) is 8.07.